The molecule has 0 heterocycles. The van der Waals surface area contributed by atoms with E-state index >= 15 is 0 Å². The Balaban J connectivity index is 0.00000121. The number of aryl methyl sites for hydroxylation is 1. The van der Waals surface area contributed by atoms with Gasteiger partial charge in [0.05, 0.1) is 0 Å². The zero-order valence-electron chi connectivity index (χ0n) is 6.50. The molecule has 0 aliphatic carbocycles. The molecule has 0 aliphatic heterocycles. The van der Waals surface area contributed by atoms with E-state index in [1.807, 2.05) is 6.92 Å². The molecule has 1 aromatic carbocycles. The van der Waals surface area contributed by atoms with Crippen LogP contribution in [0.4, 0.5) is 0 Å². The number of carbonyl (C=O) groups is 1. The van der Waals surface area contributed by atoms with Crippen LogP contribution in [0.2, 0.25) is 5.02 Å². The molecule has 1 aromatic rings. The first-order chi connectivity index (χ1) is 5.11. The van der Waals surface area contributed by atoms with Gasteiger partial charge in [-0.25, -0.2) is 0 Å². The first kappa shape index (κ1) is 11.3. The van der Waals surface area contributed by atoms with E-state index in [4.69, 9.17) is 17.3 Å². The number of rotatable bonds is 1. The number of hydrogen-bond donors (Lipinski definition) is 1. The topological polar surface area (TPSA) is 43.1 Å². The first-order valence-electron chi connectivity index (χ1n) is 3.17. The second-order valence-electron chi connectivity index (χ2n) is 2.33. The van der Waals surface area contributed by atoms with Gasteiger partial charge in [-0.15, -0.1) is 12.4 Å². The minimum absolute atomic E-state index is 0. The highest BCUT2D eigenvalue weighted by Crippen LogP contribution is 2.15. The van der Waals surface area contributed by atoms with Crippen LogP contribution in [0.5, 0.6) is 0 Å². The van der Waals surface area contributed by atoms with Gasteiger partial charge in [0.1, 0.15) is 0 Å². The van der Waals surface area contributed by atoms with Crippen LogP contribution >= 0.6 is 24.0 Å². The number of hydrogen-bond acceptors (Lipinski definition) is 1. The maximum Gasteiger partial charge on any atom is 0.248 e. The molecule has 4 heteroatoms. The van der Waals surface area contributed by atoms with Crippen molar-refractivity contribution in [3.8, 4) is 0 Å². The van der Waals surface area contributed by atoms with Crippen LogP contribution in [0.3, 0.4) is 0 Å². The Morgan fingerprint density at radius 1 is 1.50 bits per heavy atom. The minimum Gasteiger partial charge on any atom is -0.366 e. The van der Waals surface area contributed by atoms with Crippen LogP contribution in [0, 0.1) is 6.92 Å². The molecule has 0 unspecified atom stereocenters. The number of primary amides is 1. The SMILES string of the molecule is Cc1ccc(C(N)=O)cc1Cl.Cl. The van der Waals surface area contributed by atoms with E-state index in [-0.39, 0.29) is 12.4 Å². The molecule has 0 fully saturated rings. The highest BCUT2D eigenvalue weighted by molar-refractivity contribution is 6.31. The third-order valence-electron chi connectivity index (χ3n) is 1.46. The van der Waals surface area contributed by atoms with Gasteiger partial charge >= 0.3 is 0 Å². The molecule has 2 nitrogen and oxygen atoms in total. The summed E-state index contributed by atoms with van der Waals surface area (Å²) >= 11 is 5.75. The summed E-state index contributed by atoms with van der Waals surface area (Å²) in [7, 11) is 0. The van der Waals surface area contributed by atoms with Crippen molar-refractivity contribution in [3.63, 3.8) is 0 Å². The quantitative estimate of drug-likeness (QED) is 0.751. The van der Waals surface area contributed by atoms with Crippen LogP contribution in [-0.2, 0) is 0 Å². The summed E-state index contributed by atoms with van der Waals surface area (Å²) < 4.78 is 0. The molecule has 1 rings (SSSR count). The van der Waals surface area contributed by atoms with Crippen LogP contribution in [0.15, 0.2) is 18.2 Å². The first-order valence-corrected chi connectivity index (χ1v) is 3.55. The van der Waals surface area contributed by atoms with Gasteiger partial charge in [-0.2, -0.15) is 0 Å². The summed E-state index contributed by atoms with van der Waals surface area (Å²) in [5.41, 5.74) is 6.42. The summed E-state index contributed by atoms with van der Waals surface area (Å²) in [5.74, 6) is -0.452. The Labute approximate surface area is 82.1 Å². The molecular weight excluding hydrogens is 197 g/mol. The molecule has 0 saturated heterocycles. The lowest BCUT2D eigenvalue weighted by Crippen LogP contribution is -2.10. The molecule has 12 heavy (non-hydrogen) atoms. The molecular formula is C8H9Cl2NO. The number of carbonyl (C=O) groups excluding carboxylic acids is 1. The van der Waals surface area contributed by atoms with E-state index < -0.39 is 5.91 Å². The van der Waals surface area contributed by atoms with Crippen LogP contribution in [-0.4, -0.2) is 5.91 Å². The van der Waals surface area contributed by atoms with Crippen molar-refractivity contribution in [2.45, 2.75) is 6.92 Å². The Morgan fingerprint density at radius 2 is 2.08 bits per heavy atom. The van der Waals surface area contributed by atoms with E-state index in [1.54, 1.807) is 18.2 Å². The van der Waals surface area contributed by atoms with Crippen LogP contribution < -0.4 is 5.73 Å². The zero-order valence-corrected chi connectivity index (χ0v) is 8.08. The lowest BCUT2D eigenvalue weighted by molar-refractivity contribution is 0.100. The molecule has 0 atom stereocenters. The molecule has 0 spiro atoms. The summed E-state index contributed by atoms with van der Waals surface area (Å²) in [4.78, 5) is 10.6. The van der Waals surface area contributed by atoms with Crippen molar-refractivity contribution in [1.82, 2.24) is 0 Å². The number of nitrogens with two attached hydrogens (primary N) is 1. The van der Waals surface area contributed by atoms with Crippen LogP contribution in [0.1, 0.15) is 15.9 Å². The second-order valence-corrected chi connectivity index (χ2v) is 2.74. The largest absolute Gasteiger partial charge is 0.366 e. The molecule has 0 aromatic heterocycles. The van der Waals surface area contributed by atoms with E-state index in [0.29, 0.717) is 10.6 Å². The van der Waals surface area contributed by atoms with Gasteiger partial charge in [-0.3, -0.25) is 4.79 Å². The summed E-state index contributed by atoms with van der Waals surface area (Å²) in [6.45, 7) is 1.87. The van der Waals surface area contributed by atoms with Gasteiger partial charge in [0.15, 0.2) is 0 Å². The molecule has 0 saturated carbocycles. The van der Waals surface area contributed by atoms with Gasteiger partial charge in [-0.1, -0.05) is 17.7 Å². The second kappa shape index (κ2) is 4.33. The summed E-state index contributed by atoms with van der Waals surface area (Å²) in [6, 6.07) is 4.99. The highest BCUT2D eigenvalue weighted by Gasteiger charge is 2.01. The lowest BCUT2D eigenvalue weighted by atomic mass is 10.1. The van der Waals surface area contributed by atoms with E-state index in [2.05, 4.69) is 0 Å². The average molecular weight is 206 g/mol. The standard InChI is InChI=1S/C8H8ClNO.ClH/c1-5-2-3-6(8(10)11)4-7(5)9;/h2-4H,1H3,(H2,10,11);1H. The molecule has 1 amide bonds. The van der Waals surface area contributed by atoms with Crippen molar-refractivity contribution in [1.29, 1.82) is 0 Å². The van der Waals surface area contributed by atoms with Crippen molar-refractivity contribution >= 4 is 29.9 Å². The highest BCUT2D eigenvalue weighted by atomic mass is 35.5. The number of amides is 1. The third kappa shape index (κ3) is 2.40. The number of benzene rings is 1. The molecule has 0 aliphatic rings. The van der Waals surface area contributed by atoms with Crippen LogP contribution in [0.25, 0.3) is 0 Å². The van der Waals surface area contributed by atoms with Gasteiger partial charge in [0.2, 0.25) is 5.91 Å². The third-order valence-corrected chi connectivity index (χ3v) is 1.86. The van der Waals surface area contributed by atoms with Gasteiger partial charge in [0, 0.05) is 10.6 Å². The smallest absolute Gasteiger partial charge is 0.248 e. The average Bonchev–Trinajstić information content (AvgIpc) is 1.94. The predicted molar refractivity (Wildman–Crippen MR) is 52.0 cm³/mol. The Bertz CT molecular complexity index is 299. The fourth-order valence-corrected chi connectivity index (χ4v) is 0.927. The van der Waals surface area contributed by atoms with Crippen molar-refractivity contribution in [2.24, 2.45) is 5.73 Å². The predicted octanol–water partition coefficient (Wildman–Crippen LogP) is 2.17. The van der Waals surface area contributed by atoms with E-state index in [9.17, 15) is 4.79 Å². The maximum atomic E-state index is 10.6. The lowest BCUT2D eigenvalue weighted by Gasteiger charge is -1.98. The Hall–Kier alpha value is -0.730. The molecule has 66 valence electrons. The molecule has 0 radical (unpaired) electrons. The van der Waals surface area contributed by atoms with Crippen molar-refractivity contribution in [3.05, 3.63) is 34.3 Å². The van der Waals surface area contributed by atoms with Gasteiger partial charge < -0.3 is 5.73 Å². The Morgan fingerprint density at radius 3 is 2.50 bits per heavy atom. The normalized spacial score (nSPS) is 8.83. The maximum absolute atomic E-state index is 10.6. The van der Waals surface area contributed by atoms with Gasteiger partial charge in [0.25, 0.3) is 0 Å². The van der Waals surface area contributed by atoms with E-state index in [0.717, 1.165) is 5.56 Å². The molecule has 0 bridgehead atoms. The van der Waals surface area contributed by atoms with Crippen molar-refractivity contribution in [2.75, 3.05) is 0 Å². The molecule has 2 N–H and O–H groups in total. The zero-order chi connectivity index (χ0) is 8.43. The summed E-state index contributed by atoms with van der Waals surface area (Å²) in [5, 5.41) is 0.571. The fourth-order valence-electron chi connectivity index (χ4n) is 0.746. The Kier molecular flexibility index (Phi) is 4.07. The van der Waals surface area contributed by atoms with E-state index in [1.165, 1.54) is 0 Å². The summed E-state index contributed by atoms with van der Waals surface area (Å²) in [6.07, 6.45) is 0. The monoisotopic (exact) mass is 205 g/mol. The fraction of sp³-hybridized carbons (Fsp3) is 0.125. The number of halogens is 2. The van der Waals surface area contributed by atoms with Crippen molar-refractivity contribution < 1.29 is 4.79 Å². The minimum atomic E-state index is -0.452. The van der Waals surface area contributed by atoms with Gasteiger partial charge in [-0.05, 0) is 24.6 Å².